The highest BCUT2D eigenvalue weighted by molar-refractivity contribution is 4.96. The minimum absolute atomic E-state index is 0.0465. The van der Waals surface area contributed by atoms with Gasteiger partial charge >= 0.3 is 6.18 Å². The average Bonchev–Trinajstić information content (AvgIpc) is 2.01. The molecule has 0 atom stereocenters. The van der Waals surface area contributed by atoms with E-state index in [2.05, 4.69) is 21.9 Å². The van der Waals surface area contributed by atoms with Crippen LogP contribution < -0.4 is 5.32 Å². The second-order valence-electron chi connectivity index (χ2n) is 2.27. The van der Waals surface area contributed by atoms with Gasteiger partial charge in [0.25, 0.3) is 0 Å². The lowest BCUT2D eigenvalue weighted by Gasteiger charge is -2.06. The van der Waals surface area contributed by atoms with Crippen molar-refractivity contribution < 1.29 is 17.9 Å². The Hall–Kier alpha value is -0.730. The third-order valence-corrected chi connectivity index (χ3v) is 1.08. The van der Waals surface area contributed by atoms with Crippen LogP contribution in [0, 0.1) is 11.8 Å². The summed E-state index contributed by atoms with van der Waals surface area (Å²) in [5.41, 5.74) is 0. The molecule has 0 unspecified atom stereocenters. The van der Waals surface area contributed by atoms with Crippen molar-refractivity contribution in [2.24, 2.45) is 0 Å². The third-order valence-electron chi connectivity index (χ3n) is 1.08. The molecule has 1 N–H and O–H groups in total. The summed E-state index contributed by atoms with van der Waals surface area (Å²) in [4.78, 5) is 0. The predicted molar refractivity (Wildman–Crippen MR) is 43.2 cm³/mol. The van der Waals surface area contributed by atoms with Crippen LogP contribution in [-0.2, 0) is 4.74 Å². The van der Waals surface area contributed by atoms with Crippen LogP contribution in [0.5, 0.6) is 0 Å². The fourth-order valence-electron chi connectivity index (χ4n) is 0.572. The zero-order valence-corrected chi connectivity index (χ0v) is 7.37. The van der Waals surface area contributed by atoms with E-state index >= 15 is 0 Å². The zero-order valence-electron chi connectivity index (χ0n) is 7.37. The number of hydrogen-bond donors (Lipinski definition) is 1. The van der Waals surface area contributed by atoms with E-state index < -0.39 is 12.8 Å². The first-order valence-corrected chi connectivity index (χ1v) is 3.81. The van der Waals surface area contributed by atoms with Crippen LogP contribution in [0.2, 0.25) is 0 Å². The number of ether oxygens (including phenoxy) is 1. The number of alkyl halides is 3. The second kappa shape index (κ2) is 6.75. The standard InChI is InChI=1S/C8H12F3NO/c1-2-3-4-12-5-6-13-7-8(9,10)11/h12H,4-7H2,1H3. The van der Waals surface area contributed by atoms with Crippen molar-refractivity contribution in [2.45, 2.75) is 13.1 Å². The molecule has 0 radical (unpaired) electrons. The Morgan fingerprint density at radius 3 is 2.62 bits per heavy atom. The highest BCUT2D eigenvalue weighted by Gasteiger charge is 2.26. The first-order valence-electron chi connectivity index (χ1n) is 3.81. The van der Waals surface area contributed by atoms with Crippen molar-refractivity contribution in [3.05, 3.63) is 0 Å². The molecular formula is C8H12F3NO. The summed E-state index contributed by atoms with van der Waals surface area (Å²) in [7, 11) is 0. The van der Waals surface area contributed by atoms with E-state index in [1.807, 2.05) is 0 Å². The van der Waals surface area contributed by atoms with Gasteiger partial charge in [0, 0.05) is 6.54 Å². The van der Waals surface area contributed by atoms with Crippen LogP contribution in [0.3, 0.4) is 0 Å². The fourth-order valence-corrected chi connectivity index (χ4v) is 0.572. The average molecular weight is 195 g/mol. The van der Waals surface area contributed by atoms with Crippen LogP contribution in [0.15, 0.2) is 0 Å². The van der Waals surface area contributed by atoms with E-state index in [1.54, 1.807) is 6.92 Å². The fraction of sp³-hybridized carbons (Fsp3) is 0.750. The van der Waals surface area contributed by atoms with Crippen molar-refractivity contribution in [2.75, 3.05) is 26.3 Å². The van der Waals surface area contributed by atoms with Crippen LogP contribution in [0.4, 0.5) is 13.2 Å². The maximum Gasteiger partial charge on any atom is 0.411 e. The van der Waals surface area contributed by atoms with Crippen molar-refractivity contribution in [1.82, 2.24) is 5.32 Å². The lowest BCUT2D eigenvalue weighted by molar-refractivity contribution is -0.173. The number of rotatable bonds is 5. The summed E-state index contributed by atoms with van der Waals surface area (Å²) >= 11 is 0. The first kappa shape index (κ1) is 12.3. The third kappa shape index (κ3) is 11.3. The molecule has 2 nitrogen and oxygen atoms in total. The van der Waals surface area contributed by atoms with Gasteiger partial charge in [-0.05, 0) is 6.92 Å². The molecule has 0 aromatic carbocycles. The SMILES string of the molecule is CC#CCNCCOCC(F)(F)F. The van der Waals surface area contributed by atoms with Gasteiger partial charge in [-0.2, -0.15) is 13.2 Å². The topological polar surface area (TPSA) is 21.3 Å². The monoisotopic (exact) mass is 195 g/mol. The molecule has 0 saturated carbocycles. The predicted octanol–water partition coefficient (Wildman–Crippen LogP) is 1.18. The Morgan fingerprint density at radius 2 is 2.08 bits per heavy atom. The van der Waals surface area contributed by atoms with Crippen LogP contribution in [0.1, 0.15) is 6.92 Å². The molecule has 0 rings (SSSR count). The van der Waals surface area contributed by atoms with Crippen LogP contribution in [-0.4, -0.2) is 32.5 Å². The molecule has 0 heterocycles. The van der Waals surface area contributed by atoms with Gasteiger partial charge in [0.15, 0.2) is 0 Å². The summed E-state index contributed by atoms with van der Waals surface area (Å²) in [6, 6.07) is 0. The lowest BCUT2D eigenvalue weighted by Crippen LogP contribution is -2.24. The lowest BCUT2D eigenvalue weighted by atomic mass is 10.5. The van der Waals surface area contributed by atoms with Gasteiger partial charge in [0.2, 0.25) is 0 Å². The van der Waals surface area contributed by atoms with Gasteiger partial charge in [-0.25, -0.2) is 0 Å². The molecule has 0 aliphatic carbocycles. The molecule has 13 heavy (non-hydrogen) atoms. The molecule has 0 spiro atoms. The molecule has 76 valence electrons. The number of nitrogens with one attached hydrogen (secondary N) is 1. The minimum atomic E-state index is -4.23. The van der Waals surface area contributed by atoms with Crippen LogP contribution >= 0.6 is 0 Å². The van der Waals surface area contributed by atoms with E-state index in [1.165, 1.54) is 0 Å². The smallest absolute Gasteiger partial charge is 0.371 e. The minimum Gasteiger partial charge on any atom is -0.371 e. The molecule has 0 aromatic heterocycles. The molecule has 0 aliphatic heterocycles. The van der Waals surface area contributed by atoms with Gasteiger partial charge in [-0.15, -0.1) is 5.92 Å². The Balaban J connectivity index is 3.12. The summed E-state index contributed by atoms with van der Waals surface area (Å²) in [6.07, 6.45) is -4.23. The van der Waals surface area contributed by atoms with Gasteiger partial charge in [-0.1, -0.05) is 5.92 Å². The van der Waals surface area contributed by atoms with Crippen molar-refractivity contribution in [3.8, 4) is 11.8 Å². The second-order valence-corrected chi connectivity index (χ2v) is 2.27. The maximum atomic E-state index is 11.5. The summed E-state index contributed by atoms with van der Waals surface area (Å²) in [5, 5.41) is 2.81. The van der Waals surface area contributed by atoms with Crippen molar-refractivity contribution >= 4 is 0 Å². The largest absolute Gasteiger partial charge is 0.411 e. The molecule has 0 aliphatic rings. The molecule has 5 heteroatoms. The Labute approximate surface area is 75.5 Å². The summed E-state index contributed by atoms with van der Waals surface area (Å²) < 4.78 is 38.9. The van der Waals surface area contributed by atoms with Crippen molar-refractivity contribution in [1.29, 1.82) is 0 Å². The van der Waals surface area contributed by atoms with E-state index in [0.717, 1.165) is 0 Å². The summed E-state index contributed by atoms with van der Waals surface area (Å²) in [5.74, 6) is 5.37. The molecule has 0 aromatic rings. The van der Waals surface area contributed by atoms with Crippen LogP contribution in [0.25, 0.3) is 0 Å². The van der Waals surface area contributed by atoms with Crippen molar-refractivity contribution in [3.63, 3.8) is 0 Å². The van der Waals surface area contributed by atoms with Gasteiger partial charge in [0.1, 0.15) is 6.61 Å². The molecule has 0 amide bonds. The first-order chi connectivity index (χ1) is 6.06. The normalized spacial score (nSPS) is 10.8. The van der Waals surface area contributed by atoms with E-state index in [0.29, 0.717) is 13.1 Å². The number of hydrogen-bond acceptors (Lipinski definition) is 2. The Bertz CT molecular complexity index is 180. The molecular weight excluding hydrogens is 183 g/mol. The Morgan fingerprint density at radius 1 is 1.38 bits per heavy atom. The molecule has 0 fully saturated rings. The maximum absolute atomic E-state index is 11.5. The van der Waals surface area contributed by atoms with E-state index in [-0.39, 0.29) is 6.61 Å². The van der Waals surface area contributed by atoms with Gasteiger partial charge < -0.3 is 10.1 Å². The number of halogens is 3. The highest BCUT2D eigenvalue weighted by atomic mass is 19.4. The quantitative estimate of drug-likeness (QED) is 0.525. The summed E-state index contributed by atoms with van der Waals surface area (Å²) in [6.45, 7) is 1.41. The van der Waals surface area contributed by atoms with E-state index in [4.69, 9.17) is 0 Å². The van der Waals surface area contributed by atoms with Gasteiger partial charge in [-0.3, -0.25) is 0 Å². The zero-order chi connectivity index (χ0) is 10.2. The van der Waals surface area contributed by atoms with E-state index in [9.17, 15) is 13.2 Å². The molecule has 0 saturated heterocycles. The highest BCUT2D eigenvalue weighted by Crippen LogP contribution is 2.13. The molecule has 0 bridgehead atoms. The van der Waals surface area contributed by atoms with Gasteiger partial charge in [0.05, 0.1) is 13.2 Å². The Kier molecular flexibility index (Phi) is 6.37.